The number of ether oxygens (including phenoxy) is 1. The highest BCUT2D eigenvalue weighted by Crippen LogP contribution is 2.32. The third kappa shape index (κ3) is 4.95. The molecule has 1 atom stereocenters. The highest BCUT2D eigenvalue weighted by molar-refractivity contribution is 8.00. The van der Waals surface area contributed by atoms with Crippen LogP contribution in [0.5, 0.6) is 5.75 Å². The molecule has 9 nitrogen and oxygen atoms in total. The molecule has 172 valence electrons. The Hall–Kier alpha value is -3.53. The van der Waals surface area contributed by atoms with Gasteiger partial charge in [0, 0.05) is 0 Å². The Kier molecular flexibility index (Phi) is 6.55. The van der Waals surface area contributed by atoms with Crippen LogP contribution < -0.4 is 20.8 Å². The van der Waals surface area contributed by atoms with Gasteiger partial charge in [0.2, 0.25) is 17.0 Å². The van der Waals surface area contributed by atoms with Crippen molar-refractivity contribution in [2.75, 3.05) is 22.6 Å². The Bertz CT molecular complexity index is 1160. The van der Waals surface area contributed by atoms with Crippen molar-refractivity contribution in [2.24, 2.45) is 0 Å². The van der Waals surface area contributed by atoms with E-state index >= 15 is 0 Å². The minimum absolute atomic E-state index is 0.0370. The number of para-hydroxylation sites is 2. The molecule has 1 aliphatic heterocycles. The first-order valence-corrected chi connectivity index (χ1v) is 11.5. The van der Waals surface area contributed by atoms with E-state index in [0.717, 1.165) is 0 Å². The number of hydrogen-bond acceptors (Lipinski definition) is 7. The molecule has 2 amide bonds. The standard InChI is InChI=1S/C23H26N6O3S/c1-14(2)16-8-10-17(11-9-16)32-13-20-26-27-23(29(20)24)33-15(3)22(31)28-12-21(30)25-18-6-4-5-7-19(18)28/h4-11,14-15H,12-13,24H2,1-3H3,(H,25,30). The van der Waals surface area contributed by atoms with Crippen LogP contribution in [0.2, 0.25) is 0 Å². The molecule has 4 rings (SSSR count). The van der Waals surface area contributed by atoms with E-state index in [1.54, 1.807) is 19.1 Å². The van der Waals surface area contributed by atoms with Crippen LogP contribution in [0.1, 0.15) is 38.1 Å². The predicted molar refractivity (Wildman–Crippen MR) is 128 cm³/mol. The fraction of sp³-hybridized carbons (Fsp3) is 0.304. The molecule has 0 bridgehead atoms. The Labute approximate surface area is 196 Å². The molecule has 1 aromatic heterocycles. The lowest BCUT2D eigenvalue weighted by Gasteiger charge is -2.30. The van der Waals surface area contributed by atoms with E-state index < -0.39 is 5.25 Å². The second-order valence-corrected chi connectivity index (χ2v) is 9.34. The highest BCUT2D eigenvalue weighted by atomic mass is 32.2. The number of carbonyl (C=O) groups excluding carboxylic acids is 2. The zero-order chi connectivity index (χ0) is 23.5. The Morgan fingerprint density at radius 3 is 2.61 bits per heavy atom. The van der Waals surface area contributed by atoms with E-state index in [1.807, 2.05) is 36.4 Å². The number of thioether (sulfide) groups is 1. The number of anilines is 2. The van der Waals surface area contributed by atoms with Gasteiger partial charge in [-0.1, -0.05) is 49.9 Å². The lowest BCUT2D eigenvalue weighted by Crippen LogP contribution is -2.45. The summed E-state index contributed by atoms with van der Waals surface area (Å²) in [6, 6.07) is 15.1. The molecule has 2 aromatic carbocycles. The number of benzene rings is 2. The van der Waals surface area contributed by atoms with Crippen LogP contribution in [0, 0.1) is 0 Å². The van der Waals surface area contributed by atoms with Gasteiger partial charge in [-0.2, -0.15) is 0 Å². The Morgan fingerprint density at radius 2 is 1.88 bits per heavy atom. The minimum atomic E-state index is -0.534. The number of nitrogens with zero attached hydrogens (tertiary/aromatic N) is 4. The van der Waals surface area contributed by atoms with Crippen molar-refractivity contribution in [3.63, 3.8) is 0 Å². The van der Waals surface area contributed by atoms with Crippen LogP contribution in [0.15, 0.2) is 53.7 Å². The predicted octanol–water partition coefficient (Wildman–Crippen LogP) is 3.16. The van der Waals surface area contributed by atoms with Gasteiger partial charge < -0.3 is 15.9 Å². The molecular weight excluding hydrogens is 440 g/mol. The number of rotatable bonds is 7. The van der Waals surface area contributed by atoms with Gasteiger partial charge in [0.05, 0.1) is 16.6 Å². The fourth-order valence-electron chi connectivity index (χ4n) is 3.44. The zero-order valence-corrected chi connectivity index (χ0v) is 19.5. The molecule has 0 aliphatic carbocycles. The summed E-state index contributed by atoms with van der Waals surface area (Å²) in [6.45, 7) is 6.13. The summed E-state index contributed by atoms with van der Waals surface area (Å²) in [4.78, 5) is 26.6. The van der Waals surface area contributed by atoms with Crippen LogP contribution in [0.3, 0.4) is 0 Å². The second-order valence-electron chi connectivity index (χ2n) is 8.03. The van der Waals surface area contributed by atoms with Gasteiger partial charge in [-0.25, -0.2) is 4.68 Å². The van der Waals surface area contributed by atoms with Crippen molar-refractivity contribution in [1.82, 2.24) is 14.9 Å². The normalized spacial score (nSPS) is 14.1. The summed E-state index contributed by atoms with van der Waals surface area (Å²) in [5, 5.41) is 10.9. The topological polar surface area (TPSA) is 115 Å². The van der Waals surface area contributed by atoms with E-state index in [4.69, 9.17) is 10.6 Å². The minimum Gasteiger partial charge on any atom is -0.486 e. The van der Waals surface area contributed by atoms with Crippen LogP contribution >= 0.6 is 11.8 Å². The van der Waals surface area contributed by atoms with Crippen molar-refractivity contribution in [2.45, 2.75) is 43.7 Å². The van der Waals surface area contributed by atoms with Crippen molar-refractivity contribution in [1.29, 1.82) is 0 Å². The van der Waals surface area contributed by atoms with E-state index in [9.17, 15) is 9.59 Å². The van der Waals surface area contributed by atoms with Crippen LogP contribution in [0.25, 0.3) is 0 Å². The number of aromatic nitrogens is 3. The summed E-state index contributed by atoms with van der Waals surface area (Å²) >= 11 is 1.18. The number of hydrogen-bond donors (Lipinski definition) is 2. The molecule has 0 spiro atoms. The average Bonchev–Trinajstić information content (AvgIpc) is 3.15. The van der Waals surface area contributed by atoms with Gasteiger partial charge in [0.15, 0.2) is 5.82 Å². The molecule has 33 heavy (non-hydrogen) atoms. The number of amides is 2. The number of nitrogen functional groups attached to an aromatic ring is 1. The van der Waals surface area contributed by atoms with Crippen LogP contribution in [-0.4, -0.2) is 38.5 Å². The van der Waals surface area contributed by atoms with Crippen molar-refractivity contribution < 1.29 is 14.3 Å². The first-order chi connectivity index (χ1) is 15.8. The molecule has 3 N–H and O–H groups in total. The van der Waals surface area contributed by atoms with E-state index in [-0.39, 0.29) is 25.0 Å². The lowest BCUT2D eigenvalue weighted by atomic mass is 10.0. The van der Waals surface area contributed by atoms with Crippen molar-refractivity contribution in [3.05, 3.63) is 59.9 Å². The molecular formula is C23H26N6O3S. The van der Waals surface area contributed by atoms with Gasteiger partial charge in [0.1, 0.15) is 18.9 Å². The molecule has 1 aliphatic rings. The molecule has 0 saturated carbocycles. The summed E-state index contributed by atoms with van der Waals surface area (Å²) < 4.78 is 7.11. The smallest absolute Gasteiger partial charge is 0.244 e. The average molecular weight is 467 g/mol. The van der Waals surface area contributed by atoms with Gasteiger partial charge in [0.25, 0.3) is 0 Å². The van der Waals surface area contributed by atoms with E-state index in [0.29, 0.717) is 34.0 Å². The monoisotopic (exact) mass is 466 g/mol. The largest absolute Gasteiger partial charge is 0.486 e. The summed E-state index contributed by atoms with van der Waals surface area (Å²) in [5.41, 5.74) is 2.51. The molecule has 0 radical (unpaired) electrons. The van der Waals surface area contributed by atoms with E-state index in [2.05, 4.69) is 29.4 Å². The fourth-order valence-corrected chi connectivity index (χ4v) is 4.29. The SMILES string of the molecule is CC(Sc1nnc(COc2ccc(C(C)C)cc2)n1N)C(=O)N1CC(=O)Nc2ccccc21. The number of carbonyl (C=O) groups is 2. The maximum atomic E-state index is 13.1. The second kappa shape index (κ2) is 9.53. The molecule has 3 aromatic rings. The van der Waals surface area contributed by atoms with Crippen LogP contribution in [-0.2, 0) is 16.2 Å². The molecule has 1 unspecified atom stereocenters. The number of nitrogens with two attached hydrogens (primary N) is 1. The van der Waals surface area contributed by atoms with Crippen molar-refractivity contribution >= 4 is 35.0 Å². The van der Waals surface area contributed by atoms with E-state index in [1.165, 1.54) is 26.9 Å². The van der Waals surface area contributed by atoms with Gasteiger partial charge in [-0.15, -0.1) is 10.2 Å². The Balaban J connectivity index is 1.40. The number of fused-ring (bicyclic) bond motifs is 1. The molecule has 0 saturated heterocycles. The van der Waals surface area contributed by atoms with Crippen LogP contribution in [0.4, 0.5) is 11.4 Å². The molecule has 0 fully saturated rings. The third-order valence-electron chi connectivity index (χ3n) is 5.32. The zero-order valence-electron chi connectivity index (χ0n) is 18.7. The number of nitrogens with one attached hydrogen (secondary N) is 1. The first-order valence-electron chi connectivity index (χ1n) is 10.6. The maximum Gasteiger partial charge on any atom is 0.244 e. The summed E-state index contributed by atoms with van der Waals surface area (Å²) in [6.07, 6.45) is 0. The lowest BCUT2D eigenvalue weighted by molar-refractivity contribution is -0.121. The van der Waals surface area contributed by atoms with Gasteiger partial charge in [-0.05, 0) is 42.7 Å². The molecule has 10 heteroatoms. The summed E-state index contributed by atoms with van der Waals surface area (Å²) in [7, 11) is 0. The molecule has 2 heterocycles. The summed E-state index contributed by atoms with van der Waals surface area (Å²) in [5.74, 6) is 7.31. The highest BCUT2D eigenvalue weighted by Gasteiger charge is 2.31. The van der Waals surface area contributed by atoms with Gasteiger partial charge in [-0.3, -0.25) is 14.5 Å². The Morgan fingerprint density at radius 1 is 1.15 bits per heavy atom. The maximum absolute atomic E-state index is 13.1. The third-order valence-corrected chi connectivity index (χ3v) is 6.36. The first kappa shape index (κ1) is 22.7. The van der Waals surface area contributed by atoms with Gasteiger partial charge >= 0.3 is 0 Å². The van der Waals surface area contributed by atoms with Crippen molar-refractivity contribution in [3.8, 4) is 5.75 Å². The quantitative estimate of drug-likeness (QED) is 0.406.